The third-order valence-corrected chi connectivity index (χ3v) is 3.62. The van der Waals surface area contributed by atoms with Crippen LogP contribution in [0.3, 0.4) is 0 Å². The summed E-state index contributed by atoms with van der Waals surface area (Å²) >= 11 is 0. The summed E-state index contributed by atoms with van der Waals surface area (Å²) in [4.78, 5) is 4.21. The summed E-state index contributed by atoms with van der Waals surface area (Å²) in [7, 11) is 0. The minimum atomic E-state index is -4.80. The molecule has 3 rings (SSSR count). The summed E-state index contributed by atoms with van der Waals surface area (Å²) in [6.07, 6.45) is -3.84. The Kier molecular flexibility index (Phi) is 4.97. The Morgan fingerprint density at radius 1 is 1.04 bits per heavy atom. The van der Waals surface area contributed by atoms with E-state index in [1.807, 2.05) is 24.3 Å². The van der Waals surface area contributed by atoms with Gasteiger partial charge < -0.3 is 9.26 Å². The molecule has 0 aliphatic heterocycles. The summed E-state index contributed by atoms with van der Waals surface area (Å²) < 4.78 is 46.9. The molecule has 0 unspecified atom stereocenters. The SMILES string of the molecule is CC(C)Cc1ccc(-c2nc(-c3ccccc3OC(F)(F)F)no2)cc1. The highest BCUT2D eigenvalue weighted by atomic mass is 19.4. The average molecular weight is 362 g/mol. The summed E-state index contributed by atoms with van der Waals surface area (Å²) in [5, 5.41) is 3.79. The zero-order valence-electron chi connectivity index (χ0n) is 14.2. The molecular formula is C19H17F3N2O2. The van der Waals surface area contributed by atoms with Crippen LogP contribution in [0.25, 0.3) is 22.8 Å². The van der Waals surface area contributed by atoms with Crippen LogP contribution in [0, 0.1) is 5.92 Å². The van der Waals surface area contributed by atoms with Crippen LogP contribution in [0.2, 0.25) is 0 Å². The lowest BCUT2D eigenvalue weighted by atomic mass is 10.0. The van der Waals surface area contributed by atoms with Crippen molar-refractivity contribution in [1.82, 2.24) is 10.1 Å². The van der Waals surface area contributed by atoms with Gasteiger partial charge in [0.2, 0.25) is 5.82 Å². The highest BCUT2D eigenvalue weighted by Crippen LogP contribution is 2.33. The standard InChI is InChI=1S/C19H17F3N2O2/c1-12(2)11-13-7-9-14(10-8-13)18-23-17(24-26-18)15-5-3-4-6-16(15)25-19(20,21)22/h3-10,12H,11H2,1-2H3. The van der Waals surface area contributed by atoms with Gasteiger partial charge in [-0.1, -0.05) is 43.3 Å². The van der Waals surface area contributed by atoms with Gasteiger partial charge in [-0.2, -0.15) is 4.98 Å². The predicted molar refractivity (Wildman–Crippen MR) is 90.4 cm³/mol. The van der Waals surface area contributed by atoms with E-state index < -0.39 is 6.36 Å². The second-order valence-electron chi connectivity index (χ2n) is 6.26. The van der Waals surface area contributed by atoms with Gasteiger partial charge in [-0.3, -0.25) is 0 Å². The van der Waals surface area contributed by atoms with E-state index in [1.54, 1.807) is 6.07 Å². The third-order valence-electron chi connectivity index (χ3n) is 3.62. The molecule has 0 fully saturated rings. The van der Waals surface area contributed by atoms with Gasteiger partial charge >= 0.3 is 6.36 Å². The van der Waals surface area contributed by atoms with Gasteiger partial charge in [-0.05, 0) is 42.2 Å². The van der Waals surface area contributed by atoms with Gasteiger partial charge in [-0.25, -0.2) is 0 Å². The van der Waals surface area contributed by atoms with Crippen molar-refractivity contribution in [3.63, 3.8) is 0 Å². The van der Waals surface area contributed by atoms with E-state index in [9.17, 15) is 13.2 Å². The van der Waals surface area contributed by atoms with E-state index in [2.05, 4.69) is 28.7 Å². The molecule has 0 bridgehead atoms. The first-order valence-electron chi connectivity index (χ1n) is 8.10. The van der Waals surface area contributed by atoms with Crippen molar-refractivity contribution >= 4 is 0 Å². The number of para-hydroxylation sites is 1. The molecule has 0 saturated carbocycles. The fraction of sp³-hybridized carbons (Fsp3) is 0.263. The molecule has 0 atom stereocenters. The van der Waals surface area contributed by atoms with Gasteiger partial charge in [0.15, 0.2) is 0 Å². The Bertz CT molecular complexity index is 871. The van der Waals surface area contributed by atoms with Crippen LogP contribution < -0.4 is 4.74 Å². The lowest BCUT2D eigenvalue weighted by molar-refractivity contribution is -0.274. The number of benzene rings is 2. The number of rotatable bonds is 5. The second-order valence-corrected chi connectivity index (χ2v) is 6.26. The molecule has 0 amide bonds. The van der Waals surface area contributed by atoms with Crippen molar-refractivity contribution in [3.05, 3.63) is 54.1 Å². The highest BCUT2D eigenvalue weighted by Gasteiger charge is 2.32. The van der Waals surface area contributed by atoms with Crippen LogP contribution in [-0.4, -0.2) is 16.5 Å². The molecule has 0 aliphatic carbocycles. The molecule has 136 valence electrons. The molecule has 7 heteroatoms. The van der Waals surface area contributed by atoms with E-state index in [0.29, 0.717) is 11.5 Å². The number of ether oxygens (including phenoxy) is 1. The molecule has 3 aromatic rings. The maximum Gasteiger partial charge on any atom is 0.573 e. The quantitative estimate of drug-likeness (QED) is 0.601. The van der Waals surface area contributed by atoms with Crippen molar-refractivity contribution in [1.29, 1.82) is 0 Å². The molecule has 0 saturated heterocycles. The monoisotopic (exact) mass is 362 g/mol. The van der Waals surface area contributed by atoms with Gasteiger partial charge in [0, 0.05) is 5.56 Å². The number of nitrogens with zero attached hydrogens (tertiary/aromatic N) is 2. The predicted octanol–water partition coefficient (Wildman–Crippen LogP) is 5.50. The average Bonchev–Trinajstić information content (AvgIpc) is 3.04. The Morgan fingerprint density at radius 2 is 1.73 bits per heavy atom. The fourth-order valence-corrected chi connectivity index (χ4v) is 2.57. The maximum absolute atomic E-state index is 12.5. The van der Waals surface area contributed by atoms with E-state index in [0.717, 1.165) is 6.42 Å². The molecule has 0 aliphatic rings. The van der Waals surface area contributed by atoms with Gasteiger partial charge in [0.05, 0.1) is 5.56 Å². The van der Waals surface area contributed by atoms with Crippen molar-refractivity contribution in [2.75, 3.05) is 0 Å². The Hall–Kier alpha value is -2.83. The lowest BCUT2D eigenvalue weighted by Crippen LogP contribution is -2.17. The van der Waals surface area contributed by atoms with Crippen LogP contribution in [0.4, 0.5) is 13.2 Å². The zero-order valence-corrected chi connectivity index (χ0v) is 14.2. The van der Waals surface area contributed by atoms with Crippen LogP contribution >= 0.6 is 0 Å². The fourth-order valence-electron chi connectivity index (χ4n) is 2.57. The lowest BCUT2D eigenvalue weighted by Gasteiger charge is -2.10. The second kappa shape index (κ2) is 7.19. The largest absolute Gasteiger partial charge is 0.573 e. The van der Waals surface area contributed by atoms with Crippen LogP contribution in [0.5, 0.6) is 5.75 Å². The first-order chi connectivity index (χ1) is 12.3. The van der Waals surface area contributed by atoms with Crippen LogP contribution in [0.1, 0.15) is 19.4 Å². The minimum Gasteiger partial charge on any atom is -0.405 e. The van der Waals surface area contributed by atoms with Gasteiger partial charge in [0.25, 0.3) is 5.89 Å². The molecule has 1 heterocycles. The Balaban J connectivity index is 1.87. The van der Waals surface area contributed by atoms with Gasteiger partial charge in [0.1, 0.15) is 5.75 Å². The Labute approximate surface area is 148 Å². The van der Waals surface area contributed by atoms with E-state index in [4.69, 9.17) is 4.52 Å². The number of aromatic nitrogens is 2. The maximum atomic E-state index is 12.5. The zero-order chi connectivity index (χ0) is 18.7. The van der Waals surface area contributed by atoms with E-state index in [1.165, 1.54) is 23.8 Å². The van der Waals surface area contributed by atoms with Crippen molar-refractivity contribution in [2.24, 2.45) is 5.92 Å². The topological polar surface area (TPSA) is 48.2 Å². The molecule has 4 nitrogen and oxygen atoms in total. The number of alkyl halides is 3. The van der Waals surface area contributed by atoms with E-state index in [-0.39, 0.29) is 23.0 Å². The van der Waals surface area contributed by atoms with Crippen molar-refractivity contribution in [3.8, 4) is 28.6 Å². The minimum absolute atomic E-state index is 0.0334. The number of halogens is 3. The molecule has 26 heavy (non-hydrogen) atoms. The molecule has 0 N–H and O–H groups in total. The highest BCUT2D eigenvalue weighted by molar-refractivity contribution is 5.66. The van der Waals surface area contributed by atoms with Crippen LogP contribution in [-0.2, 0) is 6.42 Å². The van der Waals surface area contributed by atoms with Crippen molar-refractivity contribution < 1.29 is 22.4 Å². The van der Waals surface area contributed by atoms with Crippen LogP contribution in [0.15, 0.2) is 53.1 Å². The molecule has 2 aromatic carbocycles. The Morgan fingerprint density at radius 3 is 2.38 bits per heavy atom. The molecule has 0 radical (unpaired) electrons. The third kappa shape index (κ3) is 4.41. The summed E-state index contributed by atoms with van der Waals surface area (Å²) in [6.45, 7) is 4.28. The smallest absolute Gasteiger partial charge is 0.405 e. The molecule has 1 aromatic heterocycles. The van der Waals surface area contributed by atoms with Gasteiger partial charge in [-0.15, -0.1) is 13.2 Å². The summed E-state index contributed by atoms with van der Waals surface area (Å²) in [6, 6.07) is 13.3. The number of hydrogen-bond donors (Lipinski definition) is 0. The normalized spacial score (nSPS) is 11.8. The molecule has 0 spiro atoms. The number of hydrogen-bond acceptors (Lipinski definition) is 4. The van der Waals surface area contributed by atoms with Crippen molar-refractivity contribution in [2.45, 2.75) is 26.6 Å². The van der Waals surface area contributed by atoms with E-state index >= 15 is 0 Å². The summed E-state index contributed by atoms with van der Waals surface area (Å²) in [5.41, 5.74) is 1.99. The molecular weight excluding hydrogens is 345 g/mol. The first kappa shape index (κ1) is 18.0. The summed E-state index contributed by atoms with van der Waals surface area (Å²) in [5.74, 6) is 0.435. The first-order valence-corrected chi connectivity index (χ1v) is 8.10.